The van der Waals surface area contributed by atoms with E-state index in [2.05, 4.69) is 43.9 Å². The lowest BCUT2D eigenvalue weighted by molar-refractivity contribution is 0.296. The van der Waals surface area contributed by atoms with Gasteiger partial charge >= 0.3 is 0 Å². The summed E-state index contributed by atoms with van der Waals surface area (Å²) in [5, 5.41) is 0. The van der Waals surface area contributed by atoms with E-state index in [-0.39, 0.29) is 0 Å². The summed E-state index contributed by atoms with van der Waals surface area (Å²) in [6.07, 6.45) is 4.53. The van der Waals surface area contributed by atoms with Crippen LogP contribution in [0.1, 0.15) is 45.1 Å². The van der Waals surface area contributed by atoms with E-state index in [9.17, 15) is 0 Å². The van der Waals surface area contributed by atoms with Gasteiger partial charge in [0, 0.05) is 24.8 Å². The molecule has 1 aromatic rings. The summed E-state index contributed by atoms with van der Waals surface area (Å²) >= 11 is 0. The Labute approximate surface area is 129 Å². The van der Waals surface area contributed by atoms with Crippen molar-refractivity contribution in [1.82, 2.24) is 0 Å². The van der Waals surface area contributed by atoms with Gasteiger partial charge in [-0.05, 0) is 62.3 Å². The Balaban J connectivity index is 1.88. The highest BCUT2D eigenvalue weighted by Gasteiger charge is 2.16. The van der Waals surface area contributed by atoms with E-state index in [1.165, 1.54) is 17.7 Å². The number of piperidine rings is 1. The van der Waals surface area contributed by atoms with Crippen LogP contribution in [0, 0.1) is 12.8 Å². The van der Waals surface area contributed by atoms with Crippen molar-refractivity contribution in [2.45, 2.75) is 52.5 Å². The third kappa shape index (κ3) is 4.92. The molecule has 0 aromatic heterocycles. The Morgan fingerprint density at radius 3 is 2.62 bits per heavy atom. The highest BCUT2D eigenvalue weighted by molar-refractivity contribution is 5.53. The van der Waals surface area contributed by atoms with E-state index < -0.39 is 0 Å². The van der Waals surface area contributed by atoms with E-state index in [0.717, 1.165) is 50.6 Å². The monoisotopic (exact) mass is 290 g/mol. The molecular weight excluding hydrogens is 260 g/mol. The van der Waals surface area contributed by atoms with Gasteiger partial charge in [0.2, 0.25) is 0 Å². The third-order valence-corrected chi connectivity index (χ3v) is 4.25. The number of nitrogens with zero attached hydrogens (tertiary/aromatic N) is 1. The number of hydrogen-bond donors (Lipinski definition) is 1. The maximum atomic E-state index is 5.97. The molecule has 0 bridgehead atoms. The highest BCUT2D eigenvalue weighted by atomic mass is 16.5. The topological polar surface area (TPSA) is 38.5 Å². The van der Waals surface area contributed by atoms with Crippen LogP contribution in [0.4, 0.5) is 5.69 Å². The van der Waals surface area contributed by atoms with E-state index in [1.807, 2.05) is 0 Å². The van der Waals surface area contributed by atoms with Crippen LogP contribution in [-0.2, 0) is 0 Å². The summed E-state index contributed by atoms with van der Waals surface area (Å²) < 4.78 is 5.91. The molecule has 3 nitrogen and oxygen atoms in total. The van der Waals surface area contributed by atoms with Gasteiger partial charge in [0.1, 0.15) is 5.75 Å². The number of benzene rings is 1. The van der Waals surface area contributed by atoms with Gasteiger partial charge in [-0.1, -0.05) is 13.8 Å². The average molecular weight is 290 g/mol. The van der Waals surface area contributed by atoms with Gasteiger partial charge in [-0.25, -0.2) is 0 Å². The Bertz CT molecular complexity index is 437. The van der Waals surface area contributed by atoms with Gasteiger partial charge in [0.05, 0.1) is 6.61 Å². The summed E-state index contributed by atoms with van der Waals surface area (Å²) in [7, 11) is 0. The summed E-state index contributed by atoms with van der Waals surface area (Å²) in [5.74, 6) is 1.78. The molecule has 1 aliphatic heterocycles. The molecule has 1 saturated heterocycles. The van der Waals surface area contributed by atoms with Crippen LogP contribution >= 0.6 is 0 Å². The first-order valence-corrected chi connectivity index (χ1v) is 8.30. The fourth-order valence-corrected chi connectivity index (χ4v) is 2.82. The van der Waals surface area contributed by atoms with E-state index in [4.69, 9.17) is 10.5 Å². The number of aryl methyl sites for hydroxylation is 1. The van der Waals surface area contributed by atoms with Gasteiger partial charge in [-0.2, -0.15) is 0 Å². The van der Waals surface area contributed by atoms with Gasteiger partial charge in [-0.15, -0.1) is 0 Å². The van der Waals surface area contributed by atoms with Crippen molar-refractivity contribution in [1.29, 1.82) is 0 Å². The van der Waals surface area contributed by atoms with Gasteiger partial charge in [-0.3, -0.25) is 0 Å². The standard InChI is InChI=1S/C18H30N2O/c1-14(2)5-4-12-21-18-7-6-17(13-15(18)3)20-10-8-16(19)9-11-20/h6-7,13-14,16H,4-5,8-12,19H2,1-3H3. The lowest BCUT2D eigenvalue weighted by atomic mass is 10.0. The van der Waals surface area contributed by atoms with Crippen molar-refractivity contribution in [2.24, 2.45) is 11.7 Å². The predicted octanol–water partition coefficient (Wildman–Crippen LogP) is 3.74. The molecule has 1 aromatic carbocycles. The molecule has 0 atom stereocenters. The summed E-state index contributed by atoms with van der Waals surface area (Å²) in [5.41, 5.74) is 8.50. The van der Waals surface area contributed by atoms with Crippen molar-refractivity contribution in [3.63, 3.8) is 0 Å². The molecule has 1 aliphatic rings. The molecule has 2 rings (SSSR count). The number of anilines is 1. The summed E-state index contributed by atoms with van der Waals surface area (Å²) in [6, 6.07) is 6.93. The Morgan fingerprint density at radius 1 is 1.29 bits per heavy atom. The maximum absolute atomic E-state index is 5.97. The van der Waals surface area contributed by atoms with Crippen molar-refractivity contribution in [3.05, 3.63) is 23.8 Å². The molecule has 1 fully saturated rings. The third-order valence-electron chi connectivity index (χ3n) is 4.25. The Morgan fingerprint density at radius 2 is 2.00 bits per heavy atom. The second-order valence-corrected chi connectivity index (χ2v) is 6.66. The number of hydrogen-bond acceptors (Lipinski definition) is 3. The van der Waals surface area contributed by atoms with Crippen molar-refractivity contribution in [3.8, 4) is 5.75 Å². The van der Waals surface area contributed by atoms with Crippen LogP contribution in [-0.4, -0.2) is 25.7 Å². The zero-order valence-electron chi connectivity index (χ0n) is 13.8. The first-order valence-electron chi connectivity index (χ1n) is 8.30. The van der Waals surface area contributed by atoms with Crippen molar-refractivity contribution >= 4 is 5.69 Å². The molecule has 0 spiro atoms. The van der Waals surface area contributed by atoms with E-state index in [1.54, 1.807) is 0 Å². The van der Waals surface area contributed by atoms with E-state index in [0.29, 0.717) is 6.04 Å². The molecule has 3 heteroatoms. The lowest BCUT2D eigenvalue weighted by Crippen LogP contribution is -2.39. The van der Waals surface area contributed by atoms with Gasteiger partial charge in [0.25, 0.3) is 0 Å². The zero-order chi connectivity index (χ0) is 15.2. The van der Waals surface area contributed by atoms with Crippen LogP contribution in [0.25, 0.3) is 0 Å². The molecule has 0 amide bonds. The van der Waals surface area contributed by atoms with Crippen LogP contribution in [0.2, 0.25) is 0 Å². The molecule has 0 unspecified atom stereocenters. The predicted molar refractivity (Wildman–Crippen MR) is 90.2 cm³/mol. The number of nitrogens with two attached hydrogens (primary N) is 1. The zero-order valence-corrected chi connectivity index (χ0v) is 13.8. The smallest absolute Gasteiger partial charge is 0.122 e. The quantitative estimate of drug-likeness (QED) is 0.811. The van der Waals surface area contributed by atoms with Crippen molar-refractivity contribution < 1.29 is 4.74 Å². The lowest BCUT2D eigenvalue weighted by Gasteiger charge is -2.32. The molecule has 2 N–H and O–H groups in total. The summed E-state index contributed by atoms with van der Waals surface area (Å²) in [4.78, 5) is 2.43. The van der Waals surface area contributed by atoms with Crippen molar-refractivity contribution in [2.75, 3.05) is 24.6 Å². The number of rotatable bonds is 6. The largest absolute Gasteiger partial charge is 0.493 e. The number of ether oxygens (including phenoxy) is 1. The van der Waals surface area contributed by atoms with Crippen LogP contribution in [0.3, 0.4) is 0 Å². The van der Waals surface area contributed by atoms with Gasteiger partial charge < -0.3 is 15.4 Å². The molecule has 0 saturated carbocycles. The molecular formula is C18H30N2O. The second-order valence-electron chi connectivity index (χ2n) is 6.66. The molecule has 1 heterocycles. The molecule has 118 valence electrons. The maximum Gasteiger partial charge on any atom is 0.122 e. The Kier molecular flexibility index (Phi) is 5.92. The molecule has 0 radical (unpaired) electrons. The highest BCUT2D eigenvalue weighted by Crippen LogP contribution is 2.26. The Hall–Kier alpha value is -1.22. The van der Waals surface area contributed by atoms with Crippen LogP contribution in [0.5, 0.6) is 5.75 Å². The minimum Gasteiger partial charge on any atom is -0.493 e. The van der Waals surface area contributed by atoms with E-state index >= 15 is 0 Å². The van der Waals surface area contributed by atoms with Crippen LogP contribution in [0.15, 0.2) is 18.2 Å². The minimum absolute atomic E-state index is 0.380. The molecule has 0 aliphatic carbocycles. The second kappa shape index (κ2) is 7.69. The first kappa shape index (κ1) is 16.2. The fourth-order valence-electron chi connectivity index (χ4n) is 2.82. The first-order chi connectivity index (χ1) is 10.1. The minimum atomic E-state index is 0.380. The SMILES string of the molecule is Cc1cc(N2CCC(N)CC2)ccc1OCCCC(C)C. The normalized spacial score (nSPS) is 16.5. The molecule has 21 heavy (non-hydrogen) atoms. The summed E-state index contributed by atoms with van der Waals surface area (Å²) in [6.45, 7) is 9.59. The average Bonchev–Trinajstić information content (AvgIpc) is 2.45. The van der Waals surface area contributed by atoms with Gasteiger partial charge in [0.15, 0.2) is 0 Å². The fraction of sp³-hybridized carbons (Fsp3) is 0.667. The van der Waals surface area contributed by atoms with Crippen LogP contribution < -0.4 is 15.4 Å².